The number of sulfonamides is 1. The largest absolute Gasteiger partial charge is 0.296 e. The molecule has 6 nitrogen and oxygen atoms in total. The number of fused-ring (bicyclic) bond motifs is 1. The summed E-state index contributed by atoms with van der Waals surface area (Å²) in [5, 5.41) is 0. The van der Waals surface area contributed by atoms with Gasteiger partial charge in [-0.25, -0.2) is 26.9 Å². The van der Waals surface area contributed by atoms with Crippen LogP contribution in [0.25, 0.3) is 11.1 Å². The van der Waals surface area contributed by atoms with Crippen molar-refractivity contribution < 1.29 is 17.2 Å². The number of nitrogens with one attached hydrogen (secondary N) is 1. The Labute approximate surface area is 204 Å². The van der Waals surface area contributed by atoms with Gasteiger partial charge >= 0.3 is 0 Å². The van der Waals surface area contributed by atoms with E-state index < -0.39 is 33.6 Å². The van der Waals surface area contributed by atoms with Crippen LogP contribution >= 0.6 is 0 Å². The first kappa shape index (κ1) is 25.2. The Morgan fingerprint density at radius 3 is 2.66 bits per heavy atom. The van der Waals surface area contributed by atoms with Crippen LogP contribution in [0.15, 0.2) is 53.6 Å². The second-order valence-corrected chi connectivity index (χ2v) is 11.3. The van der Waals surface area contributed by atoms with Crippen molar-refractivity contribution in [3.8, 4) is 11.1 Å². The van der Waals surface area contributed by atoms with E-state index in [4.69, 9.17) is 0 Å². The fourth-order valence-electron chi connectivity index (χ4n) is 4.69. The molecule has 0 radical (unpaired) electrons. The predicted molar refractivity (Wildman–Crippen MR) is 132 cm³/mol. The average molecular weight is 502 g/mol. The molecule has 4 rings (SSSR count). The van der Waals surface area contributed by atoms with Gasteiger partial charge in [0.1, 0.15) is 11.6 Å². The highest BCUT2D eigenvalue weighted by atomic mass is 32.2. The van der Waals surface area contributed by atoms with E-state index in [2.05, 4.69) is 9.71 Å². The second kappa shape index (κ2) is 9.99. The molecule has 186 valence electrons. The standard InChI is InChI=1S/C26H29F2N3O3S/c1-4-35(33,34)30-23-10-11-24-25(26(32)31(15-29-24)16(2)3)21(23)13-17-6-5-7-18(12-17)20-14-19(27)8-9-22(20)28/h5-9,12,14-16,21,23,30H,4,10-11,13H2,1-3H3/t21-,23-/m0/s1. The van der Waals surface area contributed by atoms with Gasteiger partial charge in [-0.3, -0.25) is 9.36 Å². The molecule has 3 aromatic rings. The van der Waals surface area contributed by atoms with Crippen molar-refractivity contribution in [1.29, 1.82) is 0 Å². The van der Waals surface area contributed by atoms with Crippen molar-refractivity contribution in [3.63, 3.8) is 0 Å². The molecule has 35 heavy (non-hydrogen) atoms. The van der Waals surface area contributed by atoms with Crippen LogP contribution in [0, 0.1) is 11.6 Å². The first-order valence-corrected chi connectivity index (χ1v) is 13.4. The summed E-state index contributed by atoms with van der Waals surface area (Å²) in [6.45, 7) is 5.35. The number of benzene rings is 2. The van der Waals surface area contributed by atoms with Crippen molar-refractivity contribution in [2.75, 3.05) is 5.75 Å². The molecule has 0 saturated carbocycles. The summed E-state index contributed by atoms with van der Waals surface area (Å²) in [6.07, 6.45) is 2.89. The van der Waals surface area contributed by atoms with Gasteiger partial charge in [0.15, 0.2) is 0 Å². The van der Waals surface area contributed by atoms with E-state index in [9.17, 15) is 22.0 Å². The molecule has 0 amide bonds. The van der Waals surface area contributed by atoms with E-state index >= 15 is 0 Å². The average Bonchev–Trinajstić information content (AvgIpc) is 2.82. The van der Waals surface area contributed by atoms with Crippen LogP contribution in [0.3, 0.4) is 0 Å². The summed E-state index contributed by atoms with van der Waals surface area (Å²) in [5.74, 6) is -1.61. The van der Waals surface area contributed by atoms with E-state index in [1.165, 1.54) is 0 Å². The number of halogens is 2. The molecule has 1 N–H and O–H groups in total. The fourth-order valence-corrected chi connectivity index (χ4v) is 5.60. The first-order chi connectivity index (χ1) is 16.6. The van der Waals surface area contributed by atoms with Gasteiger partial charge in [0.05, 0.1) is 17.8 Å². The lowest BCUT2D eigenvalue weighted by Gasteiger charge is -2.33. The Hall–Kier alpha value is -2.91. The molecule has 1 aliphatic carbocycles. The van der Waals surface area contributed by atoms with Crippen molar-refractivity contribution in [3.05, 3.63) is 87.6 Å². The van der Waals surface area contributed by atoms with Crippen LogP contribution in [-0.4, -0.2) is 29.8 Å². The van der Waals surface area contributed by atoms with Gasteiger partial charge < -0.3 is 0 Å². The molecule has 0 bridgehead atoms. The SMILES string of the molecule is CCS(=O)(=O)N[C@H]1CCc2ncn(C(C)C)c(=O)c2[C@H]1Cc1cccc(-c2cc(F)ccc2F)c1. The molecule has 0 spiro atoms. The number of nitrogens with zero attached hydrogens (tertiary/aromatic N) is 2. The van der Waals surface area contributed by atoms with Gasteiger partial charge in [-0.15, -0.1) is 0 Å². The lowest BCUT2D eigenvalue weighted by atomic mass is 9.78. The van der Waals surface area contributed by atoms with Gasteiger partial charge in [-0.1, -0.05) is 24.3 Å². The Balaban J connectivity index is 1.79. The summed E-state index contributed by atoms with van der Waals surface area (Å²) < 4.78 is 57.4. The van der Waals surface area contributed by atoms with Crippen molar-refractivity contribution in [2.24, 2.45) is 0 Å². The summed E-state index contributed by atoms with van der Waals surface area (Å²) in [4.78, 5) is 18.0. The molecular formula is C26H29F2N3O3S. The van der Waals surface area contributed by atoms with E-state index in [-0.39, 0.29) is 22.9 Å². The minimum atomic E-state index is -3.52. The fraction of sp³-hybridized carbons (Fsp3) is 0.385. The Kier molecular flexibility index (Phi) is 7.19. The summed E-state index contributed by atoms with van der Waals surface area (Å²) >= 11 is 0. The highest BCUT2D eigenvalue weighted by molar-refractivity contribution is 7.89. The quantitative estimate of drug-likeness (QED) is 0.522. The van der Waals surface area contributed by atoms with Crippen LogP contribution in [0.1, 0.15) is 56.0 Å². The maximum atomic E-state index is 14.4. The van der Waals surface area contributed by atoms with Gasteiger partial charge in [0.25, 0.3) is 5.56 Å². The van der Waals surface area contributed by atoms with Gasteiger partial charge in [0.2, 0.25) is 10.0 Å². The van der Waals surface area contributed by atoms with Crippen LogP contribution in [-0.2, 0) is 22.9 Å². The van der Waals surface area contributed by atoms with Crippen LogP contribution in [0.4, 0.5) is 8.78 Å². The van der Waals surface area contributed by atoms with Crippen LogP contribution in [0.5, 0.6) is 0 Å². The zero-order chi connectivity index (χ0) is 25.3. The van der Waals surface area contributed by atoms with Gasteiger partial charge in [0, 0.05) is 29.1 Å². The first-order valence-electron chi connectivity index (χ1n) is 11.7. The predicted octanol–water partition coefficient (Wildman–Crippen LogP) is 4.35. The monoisotopic (exact) mass is 501 g/mol. The topological polar surface area (TPSA) is 81.1 Å². The Morgan fingerprint density at radius 2 is 1.94 bits per heavy atom. The minimum Gasteiger partial charge on any atom is -0.296 e. The van der Waals surface area contributed by atoms with Crippen molar-refractivity contribution >= 4 is 10.0 Å². The molecule has 0 saturated heterocycles. The Morgan fingerprint density at radius 1 is 1.17 bits per heavy atom. The van der Waals surface area contributed by atoms with Gasteiger partial charge in [-0.05, 0) is 69.4 Å². The molecule has 9 heteroatoms. The number of aryl methyl sites for hydroxylation is 1. The van der Waals surface area contributed by atoms with E-state index in [0.29, 0.717) is 36.1 Å². The van der Waals surface area contributed by atoms with E-state index in [1.807, 2.05) is 19.9 Å². The zero-order valence-corrected chi connectivity index (χ0v) is 20.8. The second-order valence-electron chi connectivity index (χ2n) is 9.21. The number of hydrogen-bond acceptors (Lipinski definition) is 4. The van der Waals surface area contributed by atoms with Gasteiger partial charge in [-0.2, -0.15) is 0 Å². The third kappa shape index (κ3) is 5.36. The number of aromatic nitrogens is 2. The number of rotatable bonds is 7. The maximum absolute atomic E-state index is 14.4. The third-order valence-corrected chi connectivity index (χ3v) is 7.97. The smallest absolute Gasteiger partial charge is 0.257 e. The normalized spacial score (nSPS) is 18.0. The molecule has 1 aliphatic rings. The molecule has 1 aromatic heterocycles. The molecule has 2 atom stereocenters. The highest BCUT2D eigenvalue weighted by Crippen LogP contribution is 2.34. The lowest BCUT2D eigenvalue weighted by Crippen LogP contribution is -2.46. The van der Waals surface area contributed by atoms with Crippen molar-refractivity contribution in [1.82, 2.24) is 14.3 Å². The Bertz CT molecular complexity index is 1400. The molecule has 0 fully saturated rings. The lowest BCUT2D eigenvalue weighted by molar-refractivity contribution is 0.412. The molecular weight excluding hydrogens is 472 g/mol. The maximum Gasteiger partial charge on any atom is 0.257 e. The zero-order valence-electron chi connectivity index (χ0n) is 20.0. The van der Waals surface area contributed by atoms with Crippen molar-refractivity contribution in [2.45, 2.75) is 58.0 Å². The summed E-state index contributed by atoms with van der Waals surface area (Å²) in [6, 6.07) is 9.76. The summed E-state index contributed by atoms with van der Waals surface area (Å²) in [5.41, 5.74) is 2.44. The molecule has 0 aliphatic heterocycles. The summed E-state index contributed by atoms with van der Waals surface area (Å²) in [7, 11) is -3.52. The molecule has 1 heterocycles. The van der Waals surface area contributed by atoms with Crippen LogP contribution in [0.2, 0.25) is 0 Å². The molecule has 0 unspecified atom stereocenters. The van der Waals surface area contributed by atoms with Crippen LogP contribution < -0.4 is 10.3 Å². The highest BCUT2D eigenvalue weighted by Gasteiger charge is 2.35. The molecule has 2 aromatic carbocycles. The number of hydrogen-bond donors (Lipinski definition) is 1. The van der Waals surface area contributed by atoms with E-state index in [0.717, 1.165) is 23.8 Å². The third-order valence-electron chi connectivity index (χ3n) is 6.55. The van der Waals surface area contributed by atoms with E-state index in [1.54, 1.807) is 36.0 Å². The minimum absolute atomic E-state index is 0.0688.